The molecular weight excluding hydrogens is 174 g/mol. The first-order valence-corrected chi connectivity index (χ1v) is 5.04. The number of rotatable bonds is 2. The van der Waals surface area contributed by atoms with E-state index in [1.807, 2.05) is 13.1 Å². The molecule has 1 fully saturated rings. The van der Waals surface area contributed by atoms with Crippen molar-refractivity contribution >= 4 is 11.3 Å². The highest BCUT2D eigenvalue weighted by atomic mass is 15.1. The molecule has 2 aromatic rings. The van der Waals surface area contributed by atoms with Crippen LogP contribution in [-0.2, 0) is 0 Å². The van der Waals surface area contributed by atoms with Crippen molar-refractivity contribution in [2.75, 3.05) is 5.32 Å². The van der Waals surface area contributed by atoms with Gasteiger partial charge in [0.25, 0.3) is 0 Å². The average molecular weight is 187 g/mol. The van der Waals surface area contributed by atoms with Crippen LogP contribution < -0.4 is 5.32 Å². The minimum absolute atomic E-state index is 0.683. The summed E-state index contributed by atoms with van der Waals surface area (Å²) in [5, 5.41) is 3.51. The number of aromatic nitrogens is 2. The van der Waals surface area contributed by atoms with E-state index >= 15 is 0 Å². The molecule has 3 rings (SSSR count). The zero-order valence-corrected chi connectivity index (χ0v) is 8.20. The molecule has 14 heavy (non-hydrogen) atoms. The van der Waals surface area contributed by atoms with Crippen molar-refractivity contribution in [1.29, 1.82) is 0 Å². The fourth-order valence-electron chi connectivity index (χ4n) is 1.75. The van der Waals surface area contributed by atoms with Crippen LogP contribution in [0.4, 0.5) is 5.82 Å². The minimum atomic E-state index is 0.683. The lowest BCUT2D eigenvalue weighted by molar-refractivity contribution is 1.01. The summed E-state index contributed by atoms with van der Waals surface area (Å²) < 4.78 is 2.16. The van der Waals surface area contributed by atoms with Gasteiger partial charge in [0, 0.05) is 6.04 Å². The molecule has 2 aromatic heterocycles. The first-order valence-electron chi connectivity index (χ1n) is 5.04. The largest absolute Gasteiger partial charge is 0.368 e. The van der Waals surface area contributed by atoms with Crippen LogP contribution in [0.25, 0.3) is 5.52 Å². The molecule has 3 heteroatoms. The van der Waals surface area contributed by atoms with Crippen molar-refractivity contribution in [3.8, 4) is 0 Å². The number of hydrogen-bond donors (Lipinski definition) is 1. The summed E-state index contributed by atoms with van der Waals surface area (Å²) in [7, 11) is 0. The van der Waals surface area contributed by atoms with Gasteiger partial charge < -0.3 is 5.32 Å². The van der Waals surface area contributed by atoms with Crippen LogP contribution in [0, 0.1) is 6.92 Å². The molecule has 0 atom stereocenters. The first-order chi connectivity index (χ1) is 6.84. The SMILES string of the molecule is Cc1ncc2cccc(NC3CC3)n12. The number of anilines is 1. The van der Waals surface area contributed by atoms with Crippen molar-refractivity contribution in [3.63, 3.8) is 0 Å². The molecule has 1 saturated carbocycles. The maximum atomic E-state index is 4.31. The second kappa shape index (κ2) is 2.74. The van der Waals surface area contributed by atoms with E-state index in [1.54, 1.807) is 0 Å². The summed E-state index contributed by atoms with van der Waals surface area (Å²) in [6.07, 6.45) is 4.50. The van der Waals surface area contributed by atoms with Gasteiger partial charge in [0.05, 0.1) is 11.7 Å². The van der Waals surface area contributed by atoms with E-state index in [9.17, 15) is 0 Å². The summed E-state index contributed by atoms with van der Waals surface area (Å²) in [5.41, 5.74) is 1.16. The Balaban J connectivity index is 2.14. The van der Waals surface area contributed by atoms with Crippen molar-refractivity contribution in [1.82, 2.24) is 9.38 Å². The lowest BCUT2D eigenvalue weighted by Crippen LogP contribution is -2.06. The van der Waals surface area contributed by atoms with Gasteiger partial charge in [-0.1, -0.05) is 6.07 Å². The van der Waals surface area contributed by atoms with E-state index in [0.29, 0.717) is 6.04 Å². The van der Waals surface area contributed by atoms with E-state index in [2.05, 4.69) is 32.9 Å². The van der Waals surface area contributed by atoms with Crippen LogP contribution in [0.1, 0.15) is 18.7 Å². The van der Waals surface area contributed by atoms with Crippen molar-refractivity contribution < 1.29 is 0 Å². The molecule has 0 spiro atoms. The highest BCUT2D eigenvalue weighted by molar-refractivity contribution is 5.55. The van der Waals surface area contributed by atoms with Gasteiger partial charge in [-0.3, -0.25) is 4.40 Å². The molecule has 3 nitrogen and oxygen atoms in total. The third kappa shape index (κ3) is 1.16. The summed E-state index contributed by atoms with van der Waals surface area (Å²) in [5.74, 6) is 2.21. The zero-order valence-electron chi connectivity index (χ0n) is 8.20. The maximum absolute atomic E-state index is 4.31. The first kappa shape index (κ1) is 7.85. The molecule has 1 aliphatic carbocycles. The van der Waals surface area contributed by atoms with E-state index in [1.165, 1.54) is 18.7 Å². The second-order valence-corrected chi connectivity index (χ2v) is 3.90. The second-order valence-electron chi connectivity index (χ2n) is 3.90. The molecule has 1 aliphatic rings. The van der Waals surface area contributed by atoms with Gasteiger partial charge in [0.2, 0.25) is 0 Å². The minimum Gasteiger partial charge on any atom is -0.368 e. The Hall–Kier alpha value is -1.51. The Morgan fingerprint density at radius 1 is 1.43 bits per heavy atom. The maximum Gasteiger partial charge on any atom is 0.112 e. The highest BCUT2D eigenvalue weighted by Gasteiger charge is 2.21. The zero-order chi connectivity index (χ0) is 9.54. The lowest BCUT2D eigenvalue weighted by Gasteiger charge is -2.08. The van der Waals surface area contributed by atoms with E-state index in [4.69, 9.17) is 0 Å². The quantitative estimate of drug-likeness (QED) is 0.781. The normalized spacial score (nSPS) is 16.1. The number of fused-ring (bicyclic) bond motifs is 1. The van der Waals surface area contributed by atoms with E-state index < -0.39 is 0 Å². The van der Waals surface area contributed by atoms with Gasteiger partial charge in [0.1, 0.15) is 11.6 Å². The number of imidazole rings is 1. The van der Waals surface area contributed by atoms with Gasteiger partial charge >= 0.3 is 0 Å². The summed E-state index contributed by atoms with van der Waals surface area (Å²) >= 11 is 0. The number of hydrogen-bond acceptors (Lipinski definition) is 2. The molecule has 0 unspecified atom stereocenters. The van der Waals surface area contributed by atoms with Crippen molar-refractivity contribution in [2.24, 2.45) is 0 Å². The number of aryl methyl sites for hydroxylation is 1. The van der Waals surface area contributed by atoms with E-state index in [0.717, 1.165) is 11.3 Å². The van der Waals surface area contributed by atoms with Crippen LogP contribution >= 0.6 is 0 Å². The molecule has 0 aliphatic heterocycles. The van der Waals surface area contributed by atoms with Crippen molar-refractivity contribution in [3.05, 3.63) is 30.2 Å². The topological polar surface area (TPSA) is 29.3 Å². The van der Waals surface area contributed by atoms with Gasteiger partial charge in [0.15, 0.2) is 0 Å². The third-order valence-corrected chi connectivity index (χ3v) is 2.66. The van der Waals surface area contributed by atoms with Crippen molar-refractivity contribution in [2.45, 2.75) is 25.8 Å². The van der Waals surface area contributed by atoms with Crippen LogP contribution in [-0.4, -0.2) is 15.4 Å². The van der Waals surface area contributed by atoms with Gasteiger partial charge in [-0.2, -0.15) is 0 Å². The molecule has 0 saturated heterocycles. The third-order valence-electron chi connectivity index (χ3n) is 2.66. The van der Waals surface area contributed by atoms with Gasteiger partial charge in [-0.15, -0.1) is 0 Å². The highest BCUT2D eigenvalue weighted by Crippen LogP contribution is 2.25. The molecule has 0 radical (unpaired) electrons. The molecule has 0 aromatic carbocycles. The number of nitrogens with one attached hydrogen (secondary N) is 1. The Labute approximate surface area is 82.8 Å². The predicted molar refractivity (Wildman–Crippen MR) is 56.6 cm³/mol. The smallest absolute Gasteiger partial charge is 0.112 e. The van der Waals surface area contributed by atoms with Crippen LogP contribution in [0.15, 0.2) is 24.4 Å². The molecule has 2 heterocycles. The lowest BCUT2D eigenvalue weighted by atomic mass is 10.4. The molecular formula is C11H13N3. The number of nitrogens with zero attached hydrogens (tertiary/aromatic N) is 2. The van der Waals surface area contributed by atoms with Crippen LogP contribution in [0.3, 0.4) is 0 Å². The van der Waals surface area contributed by atoms with Crippen LogP contribution in [0.2, 0.25) is 0 Å². The van der Waals surface area contributed by atoms with Gasteiger partial charge in [-0.25, -0.2) is 4.98 Å². The summed E-state index contributed by atoms with van der Waals surface area (Å²) in [6, 6.07) is 6.95. The monoisotopic (exact) mass is 187 g/mol. The Kier molecular flexibility index (Phi) is 1.54. The van der Waals surface area contributed by atoms with E-state index in [-0.39, 0.29) is 0 Å². The Bertz CT molecular complexity index is 468. The van der Waals surface area contributed by atoms with Gasteiger partial charge in [-0.05, 0) is 31.9 Å². The fourth-order valence-corrected chi connectivity index (χ4v) is 1.75. The molecule has 0 bridgehead atoms. The summed E-state index contributed by atoms with van der Waals surface area (Å²) in [4.78, 5) is 4.31. The molecule has 72 valence electrons. The van der Waals surface area contributed by atoms with Crippen LogP contribution in [0.5, 0.6) is 0 Å². The average Bonchev–Trinajstić information content (AvgIpc) is 2.91. The Morgan fingerprint density at radius 2 is 2.29 bits per heavy atom. The standard InChI is InChI=1S/C11H13N3/c1-8-12-7-10-3-2-4-11(14(8)10)13-9-5-6-9/h2-4,7,9,13H,5-6H2,1H3. The molecule has 0 amide bonds. The molecule has 1 N–H and O–H groups in total. The fraction of sp³-hybridized carbons (Fsp3) is 0.364. The number of pyridine rings is 1. The summed E-state index contributed by atoms with van der Waals surface area (Å²) in [6.45, 7) is 2.03. The predicted octanol–water partition coefficient (Wildman–Crippen LogP) is 2.22. The Morgan fingerprint density at radius 3 is 3.07 bits per heavy atom.